The number of hydrogen-bond acceptors (Lipinski definition) is 6. The van der Waals surface area contributed by atoms with Crippen LogP contribution >= 0.6 is 11.6 Å². The van der Waals surface area contributed by atoms with Gasteiger partial charge in [0, 0.05) is 11.6 Å². The normalized spacial score (nSPS) is 10.3. The summed E-state index contributed by atoms with van der Waals surface area (Å²) in [6.07, 6.45) is 0. The summed E-state index contributed by atoms with van der Waals surface area (Å²) in [6, 6.07) is 10.1. The van der Waals surface area contributed by atoms with Gasteiger partial charge >= 0.3 is 5.97 Å². The maximum atomic E-state index is 12.5. The standard InChI is InChI=1S/C22H26ClNO6/c1-4-27-18-11-16(12-19(28-5-2)21(18)29-6-3)22(26)30-14-20(25)24-13-15-7-9-17(23)10-8-15/h7-12H,4-6,13-14H2,1-3H3,(H,24,25). The van der Waals surface area contributed by atoms with Crippen LogP contribution in [-0.4, -0.2) is 38.3 Å². The van der Waals surface area contributed by atoms with Crippen LogP contribution in [0.15, 0.2) is 36.4 Å². The topological polar surface area (TPSA) is 83.1 Å². The molecule has 8 heteroatoms. The molecule has 0 aromatic heterocycles. The summed E-state index contributed by atoms with van der Waals surface area (Å²) in [7, 11) is 0. The van der Waals surface area contributed by atoms with E-state index in [9.17, 15) is 9.59 Å². The molecule has 1 N–H and O–H groups in total. The average Bonchev–Trinajstić information content (AvgIpc) is 2.74. The molecule has 0 unspecified atom stereocenters. The molecule has 2 rings (SSSR count). The summed E-state index contributed by atoms with van der Waals surface area (Å²) in [5.41, 5.74) is 1.09. The van der Waals surface area contributed by atoms with E-state index in [1.54, 1.807) is 24.3 Å². The van der Waals surface area contributed by atoms with Crippen molar-refractivity contribution in [3.63, 3.8) is 0 Å². The fraction of sp³-hybridized carbons (Fsp3) is 0.364. The van der Waals surface area contributed by atoms with E-state index in [4.69, 9.17) is 30.5 Å². The summed E-state index contributed by atoms with van der Waals surface area (Å²) in [5, 5.41) is 3.30. The van der Waals surface area contributed by atoms with Gasteiger partial charge in [-0.25, -0.2) is 4.79 Å². The number of hydrogen-bond donors (Lipinski definition) is 1. The van der Waals surface area contributed by atoms with Crippen LogP contribution in [0.2, 0.25) is 5.02 Å². The molecule has 0 heterocycles. The molecule has 30 heavy (non-hydrogen) atoms. The van der Waals surface area contributed by atoms with Gasteiger partial charge in [-0.1, -0.05) is 23.7 Å². The molecule has 0 aliphatic carbocycles. The number of carbonyl (C=O) groups excluding carboxylic acids is 2. The Morgan fingerprint density at radius 2 is 1.47 bits per heavy atom. The molecular weight excluding hydrogens is 410 g/mol. The number of halogens is 1. The molecule has 2 aromatic carbocycles. The third-order valence-corrected chi connectivity index (χ3v) is 4.13. The first-order chi connectivity index (χ1) is 14.5. The molecule has 0 saturated carbocycles. The molecule has 0 spiro atoms. The highest BCUT2D eigenvalue weighted by molar-refractivity contribution is 6.30. The Balaban J connectivity index is 2.02. The van der Waals surface area contributed by atoms with Crippen LogP contribution in [0.5, 0.6) is 17.2 Å². The second-order valence-corrected chi connectivity index (χ2v) is 6.52. The predicted octanol–water partition coefficient (Wildman–Crippen LogP) is 4.01. The number of nitrogens with one attached hydrogen (secondary N) is 1. The zero-order chi connectivity index (χ0) is 21.9. The minimum atomic E-state index is -0.665. The number of esters is 1. The molecule has 1 amide bonds. The summed E-state index contributed by atoms with van der Waals surface area (Å²) in [6.45, 7) is 6.58. The number of carbonyl (C=O) groups is 2. The Morgan fingerprint density at radius 1 is 0.900 bits per heavy atom. The third kappa shape index (κ3) is 6.84. The van der Waals surface area contributed by atoms with Crippen molar-refractivity contribution in [1.29, 1.82) is 0 Å². The lowest BCUT2D eigenvalue weighted by atomic mass is 10.2. The Hall–Kier alpha value is -2.93. The number of rotatable bonds is 11. The van der Waals surface area contributed by atoms with E-state index in [1.165, 1.54) is 12.1 Å². The average molecular weight is 436 g/mol. The first-order valence-electron chi connectivity index (χ1n) is 9.73. The largest absolute Gasteiger partial charge is 0.490 e. The first kappa shape index (κ1) is 23.3. The quantitative estimate of drug-likeness (QED) is 0.537. The summed E-state index contributed by atoms with van der Waals surface area (Å²) < 4.78 is 21.9. The zero-order valence-electron chi connectivity index (χ0n) is 17.3. The minimum absolute atomic E-state index is 0.204. The molecule has 0 radical (unpaired) electrons. The smallest absolute Gasteiger partial charge is 0.338 e. The molecule has 0 aliphatic heterocycles. The molecule has 0 saturated heterocycles. The van der Waals surface area contributed by atoms with Crippen LogP contribution < -0.4 is 19.5 Å². The SMILES string of the molecule is CCOc1cc(C(=O)OCC(=O)NCc2ccc(Cl)cc2)cc(OCC)c1OCC. The second-order valence-electron chi connectivity index (χ2n) is 6.08. The summed E-state index contributed by atoms with van der Waals surface area (Å²) in [5.74, 6) is 0.105. The lowest BCUT2D eigenvalue weighted by molar-refractivity contribution is -0.124. The Labute approximate surface area is 181 Å². The van der Waals surface area contributed by atoms with E-state index in [0.29, 0.717) is 48.6 Å². The van der Waals surface area contributed by atoms with Crippen LogP contribution in [0.25, 0.3) is 0 Å². The first-order valence-corrected chi connectivity index (χ1v) is 10.1. The van der Waals surface area contributed by atoms with Crippen LogP contribution in [0.1, 0.15) is 36.7 Å². The maximum Gasteiger partial charge on any atom is 0.338 e. The van der Waals surface area contributed by atoms with Gasteiger partial charge < -0.3 is 24.3 Å². The van der Waals surface area contributed by atoms with Crippen LogP contribution in [0.4, 0.5) is 0 Å². The van der Waals surface area contributed by atoms with E-state index in [0.717, 1.165) is 5.56 Å². The van der Waals surface area contributed by atoms with Gasteiger partial charge in [-0.15, -0.1) is 0 Å². The van der Waals surface area contributed by atoms with Crippen molar-refractivity contribution in [2.45, 2.75) is 27.3 Å². The van der Waals surface area contributed by atoms with Gasteiger partial charge in [0.05, 0.1) is 25.4 Å². The molecule has 0 fully saturated rings. The van der Waals surface area contributed by atoms with Crippen molar-refractivity contribution < 1.29 is 28.5 Å². The summed E-state index contributed by atoms with van der Waals surface area (Å²) >= 11 is 5.84. The maximum absolute atomic E-state index is 12.5. The lowest BCUT2D eigenvalue weighted by Crippen LogP contribution is -2.28. The van der Waals surface area contributed by atoms with Gasteiger partial charge in [-0.05, 0) is 50.6 Å². The molecule has 162 valence electrons. The van der Waals surface area contributed by atoms with Crippen LogP contribution in [0, 0.1) is 0 Å². The second kappa shape index (κ2) is 11.9. The van der Waals surface area contributed by atoms with Crippen molar-refractivity contribution in [2.24, 2.45) is 0 Å². The van der Waals surface area contributed by atoms with E-state index in [2.05, 4.69) is 5.32 Å². The monoisotopic (exact) mass is 435 g/mol. The van der Waals surface area contributed by atoms with Gasteiger partial charge in [0.1, 0.15) is 0 Å². The van der Waals surface area contributed by atoms with Crippen LogP contribution in [0.3, 0.4) is 0 Å². The third-order valence-electron chi connectivity index (χ3n) is 3.88. The Bertz CT molecular complexity index is 826. The fourth-order valence-corrected chi connectivity index (χ4v) is 2.70. The van der Waals surface area contributed by atoms with E-state index in [-0.39, 0.29) is 5.56 Å². The van der Waals surface area contributed by atoms with Gasteiger partial charge in [0.25, 0.3) is 5.91 Å². The molecule has 7 nitrogen and oxygen atoms in total. The van der Waals surface area contributed by atoms with Gasteiger partial charge in [0.15, 0.2) is 18.1 Å². The molecule has 0 bridgehead atoms. The fourth-order valence-electron chi connectivity index (χ4n) is 2.57. The Morgan fingerprint density at radius 3 is 2.00 bits per heavy atom. The van der Waals surface area contributed by atoms with Crippen molar-refractivity contribution in [1.82, 2.24) is 5.32 Å². The van der Waals surface area contributed by atoms with Crippen molar-refractivity contribution in [3.8, 4) is 17.2 Å². The zero-order valence-corrected chi connectivity index (χ0v) is 18.1. The predicted molar refractivity (Wildman–Crippen MR) is 114 cm³/mol. The van der Waals surface area contributed by atoms with Gasteiger partial charge in [0.2, 0.25) is 5.75 Å². The number of amides is 1. The molecule has 0 atom stereocenters. The molecule has 2 aromatic rings. The van der Waals surface area contributed by atoms with Crippen LogP contribution in [-0.2, 0) is 16.1 Å². The molecule has 0 aliphatic rings. The number of benzene rings is 2. The van der Waals surface area contributed by atoms with E-state index >= 15 is 0 Å². The van der Waals surface area contributed by atoms with Crippen molar-refractivity contribution >= 4 is 23.5 Å². The van der Waals surface area contributed by atoms with Gasteiger partial charge in [-0.3, -0.25) is 4.79 Å². The number of ether oxygens (including phenoxy) is 4. The van der Waals surface area contributed by atoms with Crippen molar-refractivity contribution in [3.05, 3.63) is 52.5 Å². The van der Waals surface area contributed by atoms with Crippen molar-refractivity contribution in [2.75, 3.05) is 26.4 Å². The van der Waals surface area contributed by atoms with E-state index in [1.807, 2.05) is 20.8 Å². The highest BCUT2D eigenvalue weighted by Gasteiger charge is 2.19. The molecular formula is C22H26ClNO6. The van der Waals surface area contributed by atoms with E-state index < -0.39 is 18.5 Å². The highest BCUT2D eigenvalue weighted by atomic mass is 35.5. The Kier molecular flexibility index (Phi) is 9.28. The highest BCUT2D eigenvalue weighted by Crippen LogP contribution is 2.39. The summed E-state index contributed by atoms with van der Waals surface area (Å²) in [4.78, 5) is 24.5. The minimum Gasteiger partial charge on any atom is -0.490 e. The van der Waals surface area contributed by atoms with Gasteiger partial charge in [-0.2, -0.15) is 0 Å². The lowest BCUT2D eigenvalue weighted by Gasteiger charge is -2.16.